The minimum Gasteiger partial charge on any atom is -0.393 e. The predicted octanol–water partition coefficient (Wildman–Crippen LogP) is 5.58. The third-order valence-corrected chi connectivity index (χ3v) is 4.77. The Morgan fingerprint density at radius 2 is 1.88 bits per heavy atom. The zero-order valence-electron chi connectivity index (χ0n) is 14.5. The van der Waals surface area contributed by atoms with E-state index in [-0.39, 0.29) is 0 Å². The lowest BCUT2D eigenvalue weighted by atomic mass is 10.2. The molecule has 0 aliphatic carbocycles. The average Bonchev–Trinajstić information content (AvgIpc) is 2.62. The highest BCUT2D eigenvalue weighted by Gasteiger charge is 2.17. The number of nitrogens with zero attached hydrogens (tertiary/aromatic N) is 3. The van der Waals surface area contributed by atoms with Crippen molar-refractivity contribution >= 4 is 51.9 Å². The monoisotopic (exact) mass is 387 g/mol. The van der Waals surface area contributed by atoms with E-state index in [1.807, 2.05) is 30.0 Å². The lowest BCUT2D eigenvalue weighted by Crippen LogP contribution is -2.20. The van der Waals surface area contributed by atoms with Gasteiger partial charge in [-0.3, -0.25) is 0 Å². The molecule has 0 spiro atoms. The minimum atomic E-state index is 0.416. The Balaban J connectivity index is 1.99. The van der Waals surface area contributed by atoms with Crippen LogP contribution in [0.15, 0.2) is 48.8 Å². The molecule has 0 atom stereocenters. The number of anilines is 5. The first-order chi connectivity index (χ1) is 12.5. The van der Waals surface area contributed by atoms with Crippen LogP contribution in [0.3, 0.4) is 0 Å². The highest BCUT2D eigenvalue weighted by Crippen LogP contribution is 2.36. The number of rotatable bonds is 5. The van der Waals surface area contributed by atoms with Gasteiger partial charge in [-0.1, -0.05) is 41.4 Å². The van der Waals surface area contributed by atoms with Gasteiger partial charge in [0.2, 0.25) is 0 Å². The van der Waals surface area contributed by atoms with Crippen molar-refractivity contribution in [2.24, 2.45) is 0 Å². The molecule has 26 heavy (non-hydrogen) atoms. The van der Waals surface area contributed by atoms with Crippen molar-refractivity contribution in [1.82, 2.24) is 9.97 Å². The molecule has 3 N–H and O–H groups in total. The number of aromatic nitrogens is 2. The van der Waals surface area contributed by atoms with Gasteiger partial charge in [0, 0.05) is 12.2 Å². The topological polar surface area (TPSA) is 67.1 Å². The minimum absolute atomic E-state index is 0.416. The standard InChI is InChI=1S/C19H19Cl2N5/c1-3-26(13-7-4-6-12(2)10-13)19-17(22)18(23-11-24-19)25-15-9-5-8-14(20)16(15)21/h4-11H,3,22H2,1-2H3,(H,23,24,25). The number of aryl methyl sites for hydroxylation is 1. The molecule has 0 saturated heterocycles. The lowest BCUT2D eigenvalue weighted by molar-refractivity contribution is 0.979. The van der Waals surface area contributed by atoms with Crippen LogP contribution in [0.4, 0.5) is 28.7 Å². The third kappa shape index (κ3) is 3.69. The Bertz CT molecular complexity index is 930. The second kappa shape index (κ2) is 7.81. The van der Waals surface area contributed by atoms with Crippen molar-refractivity contribution in [2.75, 3.05) is 22.5 Å². The van der Waals surface area contributed by atoms with Gasteiger partial charge in [0.05, 0.1) is 15.7 Å². The van der Waals surface area contributed by atoms with Crippen LogP contribution < -0.4 is 16.0 Å². The van der Waals surface area contributed by atoms with Crippen LogP contribution in [-0.4, -0.2) is 16.5 Å². The number of hydrogen-bond donors (Lipinski definition) is 2. The first kappa shape index (κ1) is 18.3. The Morgan fingerprint density at radius 1 is 1.12 bits per heavy atom. The van der Waals surface area contributed by atoms with Crippen molar-refractivity contribution in [3.8, 4) is 0 Å². The number of nitrogens with two attached hydrogens (primary N) is 1. The maximum absolute atomic E-state index is 6.37. The summed E-state index contributed by atoms with van der Waals surface area (Å²) < 4.78 is 0. The number of nitrogen functional groups attached to an aromatic ring is 1. The SMILES string of the molecule is CCN(c1cccc(C)c1)c1ncnc(Nc2cccc(Cl)c2Cl)c1N. The summed E-state index contributed by atoms with van der Waals surface area (Å²) >= 11 is 12.3. The van der Waals surface area contributed by atoms with E-state index in [4.69, 9.17) is 28.9 Å². The van der Waals surface area contributed by atoms with E-state index in [1.165, 1.54) is 6.33 Å². The van der Waals surface area contributed by atoms with Crippen molar-refractivity contribution in [3.63, 3.8) is 0 Å². The van der Waals surface area contributed by atoms with Gasteiger partial charge in [-0.15, -0.1) is 0 Å². The highest BCUT2D eigenvalue weighted by molar-refractivity contribution is 6.43. The van der Waals surface area contributed by atoms with E-state index in [9.17, 15) is 0 Å². The summed E-state index contributed by atoms with van der Waals surface area (Å²) in [6.45, 7) is 4.81. The molecule has 0 aliphatic heterocycles. The van der Waals surface area contributed by atoms with Gasteiger partial charge in [-0.05, 0) is 43.7 Å². The first-order valence-corrected chi connectivity index (χ1v) is 8.92. The molecular formula is C19H19Cl2N5. The van der Waals surface area contributed by atoms with Gasteiger partial charge < -0.3 is 16.0 Å². The molecular weight excluding hydrogens is 369 g/mol. The number of nitrogens with one attached hydrogen (secondary N) is 1. The van der Waals surface area contributed by atoms with E-state index in [0.29, 0.717) is 39.6 Å². The fourth-order valence-corrected chi connectivity index (χ4v) is 3.03. The molecule has 7 heteroatoms. The molecule has 134 valence electrons. The number of benzene rings is 2. The average molecular weight is 388 g/mol. The molecule has 0 bridgehead atoms. The smallest absolute Gasteiger partial charge is 0.161 e. The first-order valence-electron chi connectivity index (χ1n) is 8.17. The molecule has 1 aromatic heterocycles. The molecule has 0 unspecified atom stereocenters. The van der Waals surface area contributed by atoms with Crippen LogP contribution >= 0.6 is 23.2 Å². The molecule has 0 radical (unpaired) electrons. The Hall–Kier alpha value is -2.50. The Kier molecular flexibility index (Phi) is 5.49. The maximum Gasteiger partial charge on any atom is 0.161 e. The van der Waals surface area contributed by atoms with Gasteiger partial charge in [0.15, 0.2) is 11.6 Å². The van der Waals surface area contributed by atoms with E-state index < -0.39 is 0 Å². The molecule has 3 rings (SSSR count). The summed E-state index contributed by atoms with van der Waals surface area (Å²) in [7, 11) is 0. The summed E-state index contributed by atoms with van der Waals surface area (Å²) in [6.07, 6.45) is 1.48. The summed E-state index contributed by atoms with van der Waals surface area (Å²) in [5.74, 6) is 1.11. The predicted molar refractivity (Wildman–Crippen MR) is 110 cm³/mol. The normalized spacial score (nSPS) is 10.6. The Morgan fingerprint density at radius 3 is 2.62 bits per heavy atom. The van der Waals surface area contributed by atoms with Crippen LogP contribution in [0.2, 0.25) is 10.0 Å². The maximum atomic E-state index is 6.37. The van der Waals surface area contributed by atoms with Crippen LogP contribution in [0.25, 0.3) is 0 Å². The van der Waals surface area contributed by atoms with E-state index in [0.717, 1.165) is 11.3 Å². The molecule has 0 saturated carbocycles. The van der Waals surface area contributed by atoms with Gasteiger partial charge >= 0.3 is 0 Å². The van der Waals surface area contributed by atoms with Gasteiger partial charge in [-0.2, -0.15) is 0 Å². The number of halogens is 2. The molecule has 0 fully saturated rings. The quantitative estimate of drug-likeness (QED) is 0.598. The summed E-state index contributed by atoms with van der Waals surface area (Å²) in [6, 6.07) is 13.5. The molecule has 0 amide bonds. The molecule has 0 aliphatic rings. The molecule has 1 heterocycles. The van der Waals surface area contributed by atoms with Crippen molar-refractivity contribution in [1.29, 1.82) is 0 Å². The van der Waals surface area contributed by atoms with E-state index >= 15 is 0 Å². The van der Waals surface area contributed by atoms with Gasteiger partial charge in [0.25, 0.3) is 0 Å². The van der Waals surface area contributed by atoms with Gasteiger partial charge in [-0.25, -0.2) is 9.97 Å². The second-order valence-corrected chi connectivity index (χ2v) is 6.55. The summed E-state index contributed by atoms with van der Waals surface area (Å²) in [5, 5.41) is 4.02. The summed E-state index contributed by atoms with van der Waals surface area (Å²) in [5.41, 5.74) is 9.62. The van der Waals surface area contributed by atoms with E-state index in [2.05, 4.69) is 34.3 Å². The van der Waals surface area contributed by atoms with E-state index in [1.54, 1.807) is 12.1 Å². The lowest BCUT2D eigenvalue weighted by Gasteiger charge is -2.24. The molecule has 3 aromatic rings. The van der Waals surface area contributed by atoms with Crippen molar-refractivity contribution in [2.45, 2.75) is 13.8 Å². The second-order valence-electron chi connectivity index (χ2n) is 5.77. The van der Waals surface area contributed by atoms with Crippen LogP contribution in [-0.2, 0) is 0 Å². The van der Waals surface area contributed by atoms with Crippen molar-refractivity contribution in [3.05, 3.63) is 64.4 Å². The fourth-order valence-electron chi connectivity index (χ4n) is 2.68. The van der Waals surface area contributed by atoms with Crippen LogP contribution in [0.1, 0.15) is 12.5 Å². The van der Waals surface area contributed by atoms with Crippen LogP contribution in [0, 0.1) is 6.92 Å². The molecule has 5 nitrogen and oxygen atoms in total. The zero-order valence-corrected chi connectivity index (χ0v) is 16.0. The van der Waals surface area contributed by atoms with Gasteiger partial charge in [0.1, 0.15) is 12.0 Å². The zero-order chi connectivity index (χ0) is 18.7. The third-order valence-electron chi connectivity index (χ3n) is 3.95. The largest absolute Gasteiger partial charge is 0.393 e. The number of hydrogen-bond acceptors (Lipinski definition) is 5. The summed E-state index contributed by atoms with van der Waals surface area (Å²) in [4.78, 5) is 10.7. The van der Waals surface area contributed by atoms with Crippen molar-refractivity contribution < 1.29 is 0 Å². The highest BCUT2D eigenvalue weighted by atomic mass is 35.5. The molecule has 2 aromatic carbocycles. The fraction of sp³-hybridized carbons (Fsp3) is 0.158. The van der Waals surface area contributed by atoms with Crippen LogP contribution in [0.5, 0.6) is 0 Å². The Labute approximate surface area is 162 Å².